The second kappa shape index (κ2) is 4.99. The molecule has 0 aliphatic heterocycles. The molecular formula is C15H23N3O. The molecule has 3 rings (SSSR count). The summed E-state index contributed by atoms with van der Waals surface area (Å²) in [5, 5.41) is 3.56. The lowest BCUT2D eigenvalue weighted by Crippen LogP contribution is -2.25. The third-order valence-corrected chi connectivity index (χ3v) is 3.74. The molecule has 2 fully saturated rings. The van der Waals surface area contributed by atoms with Gasteiger partial charge in [0.1, 0.15) is 0 Å². The van der Waals surface area contributed by atoms with E-state index in [0.29, 0.717) is 11.9 Å². The molecular weight excluding hydrogens is 238 g/mol. The summed E-state index contributed by atoms with van der Waals surface area (Å²) >= 11 is 0. The number of ether oxygens (including phenoxy) is 1. The molecule has 1 aromatic rings. The normalized spacial score (nSPS) is 19.0. The lowest BCUT2D eigenvalue weighted by molar-refractivity contribution is 0.232. The van der Waals surface area contributed by atoms with Crippen LogP contribution in [0.15, 0.2) is 6.07 Å². The van der Waals surface area contributed by atoms with Crippen LogP contribution in [-0.4, -0.2) is 22.1 Å². The zero-order valence-corrected chi connectivity index (χ0v) is 12.0. The highest BCUT2D eigenvalue weighted by molar-refractivity contribution is 5.33. The zero-order chi connectivity index (χ0) is 13.4. The van der Waals surface area contributed by atoms with Gasteiger partial charge < -0.3 is 10.1 Å². The Labute approximate surface area is 115 Å². The quantitative estimate of drug-likeness (QED) is 0.854. The number of hydrogen-bond acceptors (Lipinski definition) is 4. The van der Waals surface area contributed by atoms with Crippen LogP contribution in [0.1, 0.15) is 45.2 Å². The van der Waals surface area contributed by atoms with E-state index in [1.165, 1.54) is 25.7 Å². The van der Waals surface area contributed by atoms with E-state index in [2.05, 4.69) is 15.3 Å². The summed E-state index contributed by atoms with van der Waals surface area (Å²) < 4.78 is 5.68. The van der Waals surface area contributed by atoms with Crippen molar-refractivity contribution in [2.45, 2.75) is 58.6 Å². The highest BCUT2D eigenvalue weighted by Gasteiger charge is 2.41. The van der Waals surface area contributed by atoms with Crippen LogP contribution in [0, 0.1) is 18.8 Å². The summed E-state index contributed by atoms with van der Waals surface area (Å²) in [6, 6.07) is 2.47. The topological polar surface area (TPSA) is 47.0 Å². The van der Waals surface area contributed by atoms with E-state index in [4.69, 9.17) is 4.74 Å². The van der Waals surface area contributed by atoms with Gasteiger partial charge in [0, 0.05) is 17.8 Å². The molecule has 2 aliphatic carbocycles. The number of aromatic nitrogens is 2. The highest BCUT2D eigenvalue weighted by atomic mass is 16.5. The van der Waals surface area contributed by atoms with Crippen LogP contribution in [0.2, 0.25) is 0 Å². The first-order valence-electron chi connectivity index (χ1n) is 7.40. The Morgan fingerprint density at radius 1 is 1.16 bits per heavy atom. The van der Waals surface area contributed by atoms with Gasteiger partial charge in [-0.05, 0) is 58.3 Å². The summed E-state index contributed by atoms with van der Waals surface area (Å²) in [6.07, 6.45) is 5.57. The van der Waals surface area contributed by atoms with Gasteiger partial charge in [0.15, 0.2) is 0 Å². The number of rotatable bonds is 6. The molecule has 0 saturated heterocycles. The van der Waals surface area contributed by atoms with Crippen LogP contribution in [0.5, 0.6) is 5.88 Å². The summed E-state index contributed by atoms with van der Waals surface area (Å²) in [7, 11) is 0. The Balaban J connectivity index is 1.73. The summed E-state index contributed by atoms with van der Waals surface area (Å²) in [5.74, 6) is 3.09. The lowest BCUT2D eigenvalue weighted by Gasteiger charge is -2.18. The van der Waals surface area contributed by atoms with E-state index in [1.807, 2.05) is 26.8 Å². The number of nitrogens with zero attached hydrogens (tertiary/aromatic N) is 2. The highest BCUT2D eigenvalue weighted by Crippen LogP contribution is 2.45. The van der Waals surface area contributed by atoms with E-state index in [0.717, 1.165) is 23.5 Å². The van der Waals surface area contributed by atoms with Crippen LogP contribution in [0.25, 0.3) is 0 Å². The number of anilines is 1. The summed E-state index contributed by atoms with van der Waals surface area (Å²) in [6.45, 7) is 6.02. The Kier molecular flexibility index (Phi) is 3.33. The molecule has 1 N–H and O–H groups in total. The minimum Gasteiger partial charge on any atom is -0.475 e. The minimum atomic E-state index is 0.143. The van der Waals surface area contributed by atoms with E-state index in [-0.39, 0.29) is 6.10 Å². The van der Waals surface area contributed by atoms with Crippen LogP contribution >= 0.6 is 0 Å². The van der Waals surface area contributed by atoms with Gasteiger partial charge in [-0.1, -0.05) is 0 Å². The zero-order valence-electron chi connectivity index (χ0n) is 12.0. The maximum atomic E-state index is 5.68. The van der Waals surface area contributed by atoms with Gasteiger partial charge in [-0.25, -0.2) is 4.98 Å². The van der Waals surface area contributed by atoms with E-state index >= 15 is 0 Å². The third-order valence-electron chi connectivity index (χ3n) is 3.74. The van der Waals surface area contributed by atoms with Crippen LogP contribution in [0.3, 0.4) is 0 Å². The molecule has 19 heavy (non-hydrogen) atoms. The van der Waals surface area contributed by atoms with Gasteiger partial charge in [-0.2, -0.15) is 4.98 Å². The molecule has 0 spiro atoms. The van der Waals surface area contributed by atoms with Crippen LogP contribution < -0.4 is 10.1 Å². The number of hydrogen-bond donors (Lipinski definition) is 1. The van der Waals surface area contributed by atoms with Gasteiger partial charge >= 0.3 is 0 Å². The van der Waals surface area contributed by atoms with Crippen molar-refractivity contribution in [2.75, 3.05) is 5.32 Å². The second-order valence-electron chi connectivity index (χ2n) is 6.18. The van der Waals surface area contributed by atoms with Crippen molar-refractivity contribution >= 4 is 5.95 Å². The van der Waals surface area contributed by atoms with Gasteiger partial charge in [-0.3, -0.25) is 0 Å². The smallest absolute Gasteiger partial charge is 0.226 e. The number of nitrogens with one attached hydrogen (secondary N) is 1. The standard InChI is InChI=1S/C15H23N3O/c1-9(2)19-13-8-10(3)16-15(17-13)18-14(11-4-5-11)12-6-7-12/h8-9,11-12,14H,4-7H2,1-3H3,(H,16,17,18). The Bertz CT molecular complexity index is 441. The Morgan fingerprint density at radius 3 is 2.32 bits per heavy atom. The SMILES string of the molecule is Cc1cc(OC(C)C)nc(NC(C2CC2)C2CC2)n1. The molecule has 104 valence electrons. The first kappa shape index (κ1) is 12.7. The van der Waals surface area contributed by atoms with Crippen LogP contribution in [-0.2, 0) is 0 Å². The van der Waals surface area contributed by atoms with Crippen LogP contribution in [0.4, 0.5) is 5.95 Å². The van der Waals surface area contributed by atoms with Gasteiger partial charge in [0.05, 0.1) is 6.10 Å². The largest absolute Gasteiger partial charge is 0.475 e. The van der Waals surface area contributed by atoms with Crippen molar-refractivity contribution in [3.63, 3.8) is 0 Å². The van der Waals surface area contributed by atoms with Gasteiger partial charge in [0.2, 0.25) is 11.8 Å². The molecule has 0 aromatic carbocycles. The number of aryl methyl sites for hydroxylation is 1. The lowest BCUT2D eigenvalue weighted by atomic mass is 10.1. The van der Waals surface area contributed by atoms with E-state index in [1.54, 1.807) is 0 Å². The molecule has 0 amide bonds. The summed E-state index contributed by atoms with van der Waals surface area (Å²) in [5.41, 5.74) is 0.957. The fourth-order valence-electron chi connectivity index (χ4n) is 2.59. The monoisotopic (exact) mass is 261 g/mol. The first-order chi connectivity index (χ1) is 9.11. The summed E-state index contributed by atoms with van der Waals surface area (Å²) in [4.78, 5) is 8.99. The maximum Gasteiger partial charge on any atom is 0.226 e. The van der Waals surface area contributed by atoms with Crippen molar-refractivity contribution in [3.05, 3.63) is 11.8 Å². The average molecular weight is 261 g/mol. The maximum absolute atomic E-state index is 5.68. The minimum absolute atomic E-state index is 0.143. The molecule has 2 aliphatic rings. The van der Waals surface area contributed by atoms with E-state index < -0.39 is 0 Å². The van der Waals surface area contributed by atoms with Crippen molar-refractivity contribution < 1.29 is 4.74 Å². The molecule has 0 atom stereocenters. The fraction of sp³-hybridized carbons (Fsp3) is 0.733. The molecule has 0 radical (unpaired) electrons. The molecule has 2 saturated carbocycles. The Morgan fingerprint density at radius 2 is 1.79 bits per heavy atom. The fourth-order valence-corrected chi connectivity index (χ4v) is 2.59. The van der Waals surface area contributed by atoms with Gasteiger partial charge in [0.25, 0.3) is 0 Å². The average Bonchev–Trinajstić information content (AvgIpc) is 3.17. The molecule has 4 heteroatoms. The van der Waals surface area contributed by atoms with Gasteiger partial charge in [-0.15, -0.1) is 0 Å². The third kappa shape index (κ3) is 3.37. The second-order valence-corrected chi connectivity index (χ2v) is 6.18. The first-order valence-corrected chi connectivity index (χ1v) is 7.40. The molecule has 4 nitrogen and oxygen atoms in total. The van der Waals surface area contributed by atoms with E-state index in [9.17, 15) is 0 Å². The van der Waals surface area contributed by atoms with Crippen molar-refractivity contribution in [2.24, 2.45) is 11.8 Å². The predicted octanol–water partition coefficient (Wildman–Crippen LogP) is 3.17. The Hall–Kier alpha value is -1.32. The molecule has 0 bridgehead atoms. The van der Waals surface area contributed by atoms with Crippen molar-refractivity contribution in [1.82, 2.24) is 9.97 Å². The molecule has 1 heterocycles. The molecule has 1 aromatic heterocycles. The van der Waals surface area contributed by atoms with Crippen molar-refractivity contribution in [3.8, 4) is 5.88 Å². The predicted molar refractivity (Wildman–Crippen MR) is 75.4 cm³/mol. The molecule has 0 unspecified atom stereocenters. The van der Waals surface area contributed by atoms with Crippen molar-refractivity contribution in [1.29, 1.82) is 0 Å².